The van der Waals surface area contributed by atoms with Gasteiger partial charge in [-0.05, 0) is 36.5 Å². The molecule has 28 heavy (non-hydrogen) atoms. The molecule has 1 aliphatic rings. The van der Waals surface area contributed by atoms with Crippen LogP contribution in [-0.2, 0) is 28.6 Å². The van der Waals surface area contributed by atoms with Crippen LogP contribution in [0.3, 0.4) is 0 Å². The van der Waals surface area contributed by atoms with Gasteiger partial charge in [0.1, 0.15) is 11.0 Å². The Labute approximate surface area is 165 Å². The third-order valence-corrected chi connectivity index (χ3v) is 6.31. The smallest absolute Gasteiger partial charge is 0.315 e. The van der Waals surface area contributed by atoms with Crippen molar-refractivity contribution >= 4 is 16.9 Å². The first-order valence-electron chi connectivity index (χ1n) is 9.55. The monoisotopic (exact) mass is 375 g/mol. The van der Waals surface area contributed by atoms with Crippen LogP contribution in [0.5, 0.6) is 0 Å². The molecule has 4 nitrogen and oxygen atoms in total. The fourth-order valence-electron chi connectivity index (χ4n) is 5.05. The number of ether oxygens (including phenoxy) is 1. The number of aryl methyl sites for hydroxylation is 2. The predicted molar refractivity (Wildman–Crippen MR) is 110 cm³/mol. The van der Waals surface area contributed by atoms with Crippen LogP contribution < -0.4 is 0 Å². The van der Waals surface area contributed by atoms with Crippen molar-refractivity contribution in [1.82, 2.24) is 4.57 Å². The van der Waals surface area contributed by atoms with Crippen LogP contribution in [0.2, 0.25) is 0 Å². The zero-order valence-electron chi connectivity index (χ0n) is 16.3. The Bertz CT molecular complexity index is 1050. The van der Waals surface area contributed by atoms with Crippen molar-refractivity contribution in [2.75, 3.05) is 7.11 Å². The van der Waals surface area contributed by atoms with Crippen molar-refractivity contribution in [2.24, 2.45) is 12.5 Å². The molecule has 0 amide bonds. The predicted octanol–water partition coefficient (Wildman–Crippen LogP) is 4.10. The summed E-state index contributed by atoms with van der Waals surface area (Å²) in [5.74, 6) is -0.408. The minimum absolute atomic E-state index is 0.325. The van der Waals surface area contributed by atoms with Gasteiger partial charge in [-0.1, -0.05) is 54.6 Å². The summed E-state index contributed by atoms with van der Waals surface area (Å²) in [6, 6.07) is 17.6. The number of rotatable bonds is 4. The van der Waals surface area contributed by atoms with E-state index >= 15 is 0 Å². The van der Waals surface area contributed by atoms with E-state index in [1.54, 1.807) is 6.08 Å². The van der Waals surface area contributed by atoms with E-state index in [4.69, 9.17) is 4.74 Å². The molecule has 1 aromatic heterocycles. The zero-order valence-corrected chi connectivity index (χ0v) is 16.3. The fourth-order valence-corrected chi connectivity index (χ4v) is 5.05. The molecule has 0 fully saturated rings. The van der Waals surface area contributed by atoms with Gasteiger partial charge in [-0.15, -0.1) is 6.58 Å². The van der Waals surface area contributed by atoms with Gasteiger partial charge in [-0.2, -0.15) is 0 Å². The summed E-state index contributed by atoms with van der Waals surface area (Å²) in [5.41, 5.74) is 0.915. The summed E-state index contributed by atoms with van der Waals surface area (Å²) in [6.45, 7) is 3.87. The molecule has 144 valence electrons. The molecule has 0 saturated heterocycles. The highest BCUT2D eigenvalue weighted by Gasteiger charge is 2.61. The molecule has 1 N–H and O–H groups in total. The van der Waals surface area contributed by atoms with Crippen LogP contribution in [0.25, 0.3) is 10.9 Å². The molecule has 0 aliphatic heterocycles. The van der Waals surface area contributed by atoms with E-state index in [9.17, 15) is 9.90 Å². The van der Waals surface area contributed by atoms with Gasteiger partial charge in [0.15, 0.2) is 0 Å². The van der Waals surface area contributed by atoms with Gasteiger partial charge in [0.2, 0.25) is 0 Å². The summed E-state index contributed by atoms with van der Waals surface area (Å²) in [4.78, 5) is 13.2. The third-order valence-electron chi connectivity index (χ3n) is 6.31. The van der Waals surface area contributed by atoms with Gasteiger partial charge < -0.3 is 14.4 Å². The highest BCUT2D eigenvalue weighted by Crippen LogP contribution is 2.56. The Kier molecular flexibility index (Phi) is 4.39. The normalized spacial score (nSPS) is 24.0. The number of fused-ring (bicyclic) bond motifs is 3. The molecule has 2 aromatic carbocycles. The Balaban J connectivity index is 2.14. The average molecular weight is 375 g/mol. The van der Waals surface area contributed by atoms with Crippen LogP contribution >= 0.6 is 0 Å². The van der Waals surface area contributed by atoms with Crippen molar-refractivity contribution < 1.29 is 14.6 Å². The highest BCUT2D eigenvalue weighted by atomic mass is 16.5. The molecule has 0 unspecified atom stereocenters. The van der Waals surface area contributed by atoms with Gasteiger partial charge in [0.05, 0.1) is 12.8 Å². The Morgan fingerprint density at radius 3 is 2.57 bits per heavy atom. The lowest BCUT2D eigenvalue weighted by Gasteiger charge is -2.48. The van der Waals surface area contributed by atoms with Crippen LogP contribution in [-0.4, -0.2) is 22.8 Å². The number of para-hydroxylation sites is 1. The number of carbonyl (C=O) groups is 1. The SMILES string of the molecule is C=CC[C@@]1(C(=O)OC)CCc2c(n(C)c3ccccc23)[C@]1(O)c1ccccc1. The topological polar surface area (TPSA) is 51.5 Å². The molecule has 3 aromatic rings. The van der Waals surface area contributed by atoms with E-state index in [1.165, 1.54) is 7.11 Å². The van der Waals surface area contributed by atoms with Crippen molar-refractivity contribution in [1.29, 1.82) is 0 Å². The lowest BCUT2D eigenvalue weighted by atomic mass is 9.58. The first-order chi connectivity index (χ1) is 13.5. The number of nitrogens with zero attached hydrogens (tertiary/aromatic N) is 1. The van der Waals surface area contributed by atoms with Crippen LogP contribution in [0.4, 0.5) is 0 Å². The molecule has 1 heterocycles. The summed E-state index contributed by atoms with van der Waals surface area (Å²) in [7, 11) is 3.34. The maximum atomic E-state index is 13.2. The molecule has 4 rings (SSSR count). The van der Waals surface area contributed by atoms with E-state index < -0.39 is 17.0 Å². The molecule has 1 aliphatic carbocycles. The largest absolute Gasteiger partial charge is 0.468 e. The molecular formula is C24H25NO3. The Morgan fingerprint density at radius 2 is 1.89 bits per heavy atom. The van der Waals surface area contributed by atoms with Gasteiger partial charge in [-0.25, -0.2) is 0 Å². The number of carbonyl (C=O) groups excluding carboxylic acids is 1. The zero-order chi connectivity index (χ0) is 19.9. The first kappa shape index (κ1) is 18.5. The number of esters is 1. The Hall–Kier alpha value is -2.85. The molecule has 0 saturated carbocycles. The lowest BCUT2D eigenvalue weighted by Crippen LogP contribution is -2.55. The fraction of sp³-hybridized carbons (Fsp3) is 0.292. The molecule has 0 radical (unpaired) electrons. The summed E-state index contributed by atoms with van der Waals surface area (Å²) in [6.07, 6.45) is 3.21. The van der Waals surface area contributed by atoms with Crippen molar-refractivity contribution in [3.8, 4) is 0 Å². The molecule has 0 spiro atoms. The van der Waals surface area contributed by atoms with Crippen LogP contribution in [0.15, 0.2) is 67.3 Å². The molecule has 0 bridgehead atoms. The maximum absolute atomic E-state index is 13.2. The van der Waals surface area contributed by atoms with Gasteiger partial charge in [0.25, 0.3) is 0 Å². The number of aliphatic hydroxyl groups is 1. The van der Waals surface area contributed by atoms with Gasteiger partial charge >= 0.3 is 5.97 Å². The highest BCUT2D eigenvalue weighted by molar-refractivity contribution is 5.89. The summed E-state index contributed by atoms with van der Waals surface area (Å²) in [5, 5.41) is 13.6. The molecule has 4 heteroatoms. The number of benzene rings is 2. The second kappa shape index (κ2) is 6.64. The number of allylic oxidation sites excluding steroid dienone is 1. The van der Waals surface area contributed by atoms with Crippen LogP contribution in [0, 0.1) is 5.41 Å². The quantitative estimate of drug-likeness (QED) is 0.552. The van der Waals surface area contributed by atoms with E-state index in [1.807, 2.05) is 60.1 Å². The first-order valence-corrected chi connectivity index (χ1v) is 9.55. The second-order valence-electron chi connectivity index (χ2n) is 7.55. The third kappa shape index (κ3) is 2.24. The van der Waals surface area contributed by atoms with Gasteiger partial charge in [-0.3, -0.25) is 4.79 Å². The minimum atomic E-state index is -1.53. The number of hydrogen-bond donors (Lipinski definition) is 1. The van der Waals surface area contributed by atoms with Crippen molar-refractivity contribution in [2.45, 2.75) is 24.9 Å². The standard InChI is InChI=1S/C24H25NO3/c1-4-15-23(22(26)28-3)16-14-19-18-12-8-9-13-20(18)25(2)21(19)24(23,27)17-10-6-5-7-11-17/h4-13,27H,1,14-16H2,2-3H3/t23-,24+/m0/s1. The average Bonchev–Trinajstić information content (AvgIpc) is 3.03. The van der Waals surface area contributed by atoms with E-state index in [0.717, 1.165) is 22.2 Å². The summed E-state index contributed by atoms with van der Waals surface area (Å²) >= 11 is 0. The van der Waals surface area contributed by atoms with Crippen LogP contribution in [0.1, 0.15) is 29.7 Å². The van der Waals surface area contributed by atoms with Crippen molar-refractivity contribution in [3.05, 3.63) is 84.1 Å². The van der Waals surface area contributed by atoms with E-state index in [-0.39, 0.29) is 0 Å². The van der Waals surface area contributed by atoms with E-state index in [2.05, 4.69) is 12.6 Å². The second-order valence-corrected chi connectivity index (χ2v) is 7.55. The minimum Gasteiger partial charge on any atom is -0.468 e. The Morgan fingerprint density at radius 1 is 1.21 bits per heavy atom. The van der Waals surface area contributed by atoms with Crippen molar-refractivity contribution in [3.63, 3.8) is 0 Å². The lowest BCUT2D eigenvalue weighted by molar-refractivity contribution is -0.173. The number of aromatic nitrogens is 1. The number of methoxy groups -OCH3 is 1. The molecular weight excluding hydrogens is 350 g/mol. The maximum Gasteiger partial charge on any atom is 0.315 e. The summed E-state index contributed by atoms with van der Waals surface area (Å²) < 4.78 is 7.26. The van der Waals surface area contributed by atoms with Gasteiger partial charge in [0, 0.05) is 18.0 Å². The molecule has 2 atom stereocenters. The number of hydrogen-bond acceptors (Lipinski definition) is 3. The van der Waals surface area contributed by atoms with E-state index in [0.29, 0.717) is 24.8 Å².